The molecular formula is C15H20N2S2. The molecule has 2 aromatic rings. The van der Waals surface area contributed by atoms with Gasteiger partial charge in [-0.25, -0.2) is 4.98 Å². The van der Waals surface area contributed by atoms with Crippen molar-refractivity contribution in [1.82, 2.24) is 10.3 Å². The Balaban J connectivity index is 2.10. The average molecular weight is 292 g/mol. The highest BCUT2D eigenvalue weighted by Gasteiger charge is 2.13. The average Bonchev–Trinajstić information content (AvgIpc) is 2.88. The van der Waals surface area contributed by atoms with Crippen molar-refractivity contribution >= 4 is 23.1 Å². The van der Waals surface area contributed by atoms with Crippen molar-refractivity contribution in [2.45, 2.75) is 31.2 Å². The molecule has 0 saturated carbocycles. The van der Waals surface area contributed by atoms with Crippen LogP contribution in [-0.4, -0.2) is 17.3 Å². The Bertz CT molecular complexity index is 509. The van der Waals surface area contributed by atoms with Crippen LogP contribution in [0.4, 0.5) is 0 Å². The summed E-state index contributed by atoms with van der Waals surface area (Å²) in [6, 6.07) is 7.09. The lowest BCUT2D eigenvalue weighted by molar-refractivity contribution is 0.603. The molecule has 0 radical (unpaired) electrons. The van der Waals surface area contributed by atoms with E-state index >= 15 is 0 Å². The highest BCUT2D eigenvalue weighted by atomic mass is 32.2. The molecule has 0 amide bonds. The van der Waals surface area contributed by atoms with Crippen molar-refractivity contribution in [1.29, 1.82) is 0 Å². The van der Waals surface area contributed by atoms with E-state index in [1.807, 2.05) is 23.3 Å². The van der Waals surface area contributed by atoms with Crippen molar-refractivity contribution < 1.29 is 0 Å². The van der Waals surface area contributed by atoms with E-state index in [9.17, 15) is 0 Å². The molecule has 0 bridgehead atoms. The molecule has 1 N–H and O–H groups in total. The first-order chi connectivity index (χ1) is 9.20. The molecule has 0 aliphatic rings. The highest BCUT2D eigenvalue weighted by molar-refractivity contribution is 8.01. The third-order valence-electron chi connectivity index (χ3n) is 3.03. The standard InChI is InChI=1S/C15H20N2S2/c1-4-16-14(10-19-15-17-7-8-18-15)13-6-5-11(2)9-12(13)3/h5-9,14,16H,4,10H2,1-3H3. The maximum Gasteiger partial charge on any atom is 0.149 e. The van der Waals surface area contributed by atoms with Gasteiger partial charge in [0.1, 0.15) is 4.34 Å². The Morgan fingerprint density at radius 3 is 2.84 bits per heavy atom. The Kier molecular flexibility index (Phi) is 5.43. The minimum absolute atomic E-state index is 0.388. The van der Waals surface area contributed by atoms with Crippen LogP contribution in [0.25, 0.3) is 0 Å². The zero-order valence-electron chi connectivity index (χ0n) is 11.6. The highest BCUT2D eigenvalue weighted by Crippen LogP contribution is 2.28. The molecule has 102 valence electrons. The van der Waals surface area contributed by atoms with E-state index in [1.54, 1.807) is 11.3 Å². The lowest BCUT2D eigenvalue weighted by atomic mass is 10.0. The molecule has 0 saturated heterocycles. The minimum Gasteiger partial charge on any atom is -0.309 e. The van der Waals surface area contributed by atoms with Crippen molar-refractivity contribution in [3.8, 4) is 0 Å². The van der Waals surface area contributed by atoms with Crippen LogP contribution in [0.3, 0.4) is 0 Å². The molecule has 1 aromatic heterocycles. The smallest absolute Gasteiger partial charge is 0.149 e. The maximum atomic E-state index is 4.33. The van der Waals surface area contributed by atoms with Crippen LogP contribution >= 0.6 is 23.1 Å². The Labute approximate surface area is 123 Å². The van der Waals surface area contributed by atoms with Crippen LogP contribution in [0, 0.1) is 13.8 Å². The zero-order chi connectivity index (χ0) is 13.7. The van der Waals surface area contributed by atoms with Gasteiger partial charge in [-0.2, -0.15) is 0 Å². The number of nitrogens with zero attached hydrogens (tertiary/aromatic N) is 1. The zero-order valence-corrected chi connectivity index (χ0v) is 13.3. The monoisotopic (exact) mass is 292 g/mol. The fourth-order valence-corrected chi connectivity index (χ4v) is 3.90. The lowest BCUT2D eigenvalue weighted by Gasteiger charge is -2.20. The summed E-state index contributed by atoms with van der Waals surface area (Å²) in [6.07, 6.45) is 1.87. The summed E-state index contributed by atoms with van der Waals surface area (Å²) in [5, 5.41) is 5.61. The van der Waals surface area contributed by atoms with Gasteiger partial charge in [0.05, 0.1) is 0 Å². The number of rotatable bonds is 6. The molecule has 2 rings (SSSR count). The largest absolute Gasteiger partial charge is 0.309 e. The van der Waals surface area contributed by atoms with E-state index in [0.29, 0.717) is 6.04 Å². The van der Waals surface area contributed by atoms with Gasteiger partial charge < -0.3 is 5.32 Å². The van der Waals surface area contributed by atoms with Gasteiger partial charge in [0, 0.05) is 23.4 Å². The topological polar surface area (TPSA) is 24.9 Å². The Morgan fingerprint density at radius 2 is 2.21 bits per heavy atom. The van der Waals surface area contributed by atoms with Gasteiger partial charge in [-0.15, -0.1) is 11.3 Å². The summed E-state index contributed by atoms with van der Waals surface area (Å²) < 4.78 is 1.15. The van der Waals surface area contributed by atoms with Crippen LogP contribution in [-0.2, 0) is 0 Å². The number of nitrogens with one attached hydrogen (secondary N) is 1. The van der Waals surface area contributed by atoms with Crippen molar-refractivity contribution in [2.75, 3.05) is 12.3 Å². The summed E-state index contributed by atoms with van der Waals surface area (Å²) in [7, 11) is 0. The molecule has 0 fully saturated rings. The molecular weight excluding hydrogens is 272 g/mol. The van der Waals surface area contributed by atoms with Crippen molar-refractivity contribution in [2.24, 2.45) is 0 Å². The number of aromatic nitrogens is 1. The third kappa shape index (κ3) is 4.06. The summed E-state index contributed by atoms with van der Waals surface area (Å²) >= 11 is 3.54. The van der Waals surface area contributed by atoms with E-state index in [1.165, 1.54) is 16.7 Å². The molecule has 2 nitrogen and oxygen atoms in total. The number of aryl methyl sites for hydroxylation is 2. The first kappa shape index (κ1) is 14.6. The quantitative estimate of drug-likeness (QED) is 0.808. The van der Waals surface area contributed by atoms with Gasteiger partial charge in [0.2, 0.25) is 0 Å². The molecule has 19 heavy (non-hydrogen) atoms. The second-order valence-electron chi connectivity index (χ2n) is 4.58. The number of hydrogen-bond donors (Lipinski definition) is 1. The summed E-state index contributed by atoms with van der Waals surface area (Å²) in [4.78, 5) is 4.33. The van der Waals surface area contributed by atoms with Gasteiger partial charge in [-0.1, -0.05) is 42.4 Å². The predicted molar refractivity (Wildman–Crippen MR) is 85.2 cm³/mol. The number of hydrogen-bond acceptors (Lipinski definition) is 4. The summed E-state index contributed by atoms with van der Waals surface area (Å²) in [6.45, 7) is 7.48. The van der Waals surface area contributed by atoms with Gasteiger partial charge in [-0.05, 0) is 31.5 Å². The molecule has 1 unspecified atom stereocenters. The SMILES string of the molecule is CCNC(CSc1nccs1)c1ccc(C)cc1C. The van der Waals surface area contributed by atoms with E-state index in [4.69, 9.17) is 0 Å². The second-order valence-corrected chi connectivity index (χ2v) is 6.74. The van der Waals surface area contributed by atoms with Gasteiger partial charge in [-0.3, -0.25) is 0 Å². The molecule has 0 aliphatic carbocycles. The van der Waals surface area contributed by atoms with Crippen LogP contribution in [0.2, 0.25) is 0 Å². The third-order valence-corrected chi connectivity index (χ3v) is 5.09. The Hall–Kier alpha value is -0.840. The van der Waals surface area contributed by atoms with E-state index in [0.717, 1.165) is 16.6 Å². The minimum atomic E-state index is 0.388. The van der Waals surface area contributed by atoms with E-state index in [2.05, 4.69) is 49.3 Å². The van der Waals surface area contributed by atoms with E-state index < -0.39 is 0 Å². The fourth-order valence-electron chi connectivity index (χ4n) is 2.16. The van der Waals surface area contributed by atoms with Gasteiger partial charge in [0.15, 0.2) is 0 Å². The molecule has 1 heterocycles. The first-order valence-corrected chi connectivity index (χ1v) is 8.40. The van der Waals surface area contributed by atoms with Gasteiger partial charge >= 0.3 is 0 Å². The molecule has 4 heteroatoms. The molecule has 0 spiro atoms. The van der Waals surface area contributed by atoms with Crippen LogP contribution in [0.5, 0.6) is 0 Å². The van der Waals surface area contributed by atoms with Crippen molar-refractivity contribution in [3.63, 3.8) is 0 Å². The normalized spacial score (nSPS) is 12.6. The lowest BCUT2D eigenvalue weighted by Crippen LogP contribution is -2.23. The number of thiazole rings is 1. The molecule has 1 atom stereocenters. The second kappa shape index (κ2) is 7.08. The van der Waals surface area contributed by atoms with E-state index in [-0.39, 0.29) is 0 Å². The maximum absolute atomic E-state index is 4.33. The predicted octanol–water partition coefficient (Wildman–Crippen LogP) is 4.20. The van der Waals surface area contributed by atoms with Crippen LogP contribution in [0.15, 0.2) is 34.1 Å². The van der Waals surface area contributed by atoms with Crippen LogP contribution in [0.1, 0.15) is 29.7 Å². The molecule has 0 aliphatic heterocycles. The number of thioether (sulfide) groups is 1. The summed E-state index contributed by atoms with van der Waals surface area (Å²) in [5.41, 5.74) is 4.09. The first-order valence-electron chi connectivity index (χ1n) is 6.53. The van der Waals surface area contributed by atoms with Crippen LogP contribution < -0.4 is 5.32 Å². The summed E-state index contributed by atoms with van der Waals surface area (Å²) in [5.74, 6) is 1.02. The fraction of sp³-hybridized carbons (Fsp3) is 0.400. The Morgan fingerprint density at radius 1 is 1.37 bits per heavy atom. The van der Waals surface area contributed by atoms with Crippen molar-refractivity contribution in [3.05, 3.63) is 46.5 Å². The molecule has 1 aromatic carbocycles. The number of benzene rings is 1. The van der Waals surface area contributed by atoms with Gasteiger partial charge in [0.25, 0.3) is 0 Å².